The highest BCUT2D eigenvalue weighted by Crippen LogP contribution is 2.29. The van der Waals surface area contributed by atoms with Gasteiger partial charge in [0.15, 0.2) is 5.76 Å². The molecule has 0 unspecified atom stereocenters. The van der Waals surface area contributed by atoms with E-state index in [0.29, 0.717) is 22.6 Å². The van der Waals surface area contributed by atoms with E-state index in [0.717, 1.165) is 53.7 Å². The summed E-state index contributed by atoms with van der Waals surface area (Å²) < 4.78 is 5.80. The fourth-order valence-corrected chi connectivity index (χ4v) is 4.80. The van der Waals surface area contributed by atoms with Gasteiger partial charge in [-0.1, -0.05) is 29.8 Å². The van der Waals surface area contributed by atoms with Crippen LogP contribution in [0.5, 0.6) is 0 Å². The summed E-state index contributed by atoms with van der Waals surface area (Å²) in [6.07, 6.45) is 3.74. The minimum absolute atomic E-state index is 0.131. The van der Waals surface area contributed by atoms with Crippen molar-refractivity contribution in [2.75, 3.05) is 24.3 Å². The number of anilines is 2. The second-order valence-electron chi connectivity index (χ2n) is 9.28. The van der Waals surface area contributed by atoms with Crippen molar-refractivity contribution in [2.45, 2.75) is 37.8 Å². The number of fused-ring (bicyclic) bond motifs is 1. The van der Waals surface area contributed by atoms with Crippen molar-refractivity contribution in [1.82, 2.24) is 10.3 Å². The van der Waals surface area contributed by atoms with Gasteiger partial charge in [-0.05, 0) is 68.1 Å². The van der Waals surface area contributed by atoms with Crippen molar-refractivity contribution in [3.8, 4) is 11.3 Å². The van der Waals surface area contributed by atoms with Gasteiger partial charge in [0.2, 0.25) is 0 Å². The van der Waals surface area contributed by atoms with Crippen LogP contribution in [0.2, 0.25) is 5.02 Å². The third-order valence-electron chi connectivity index (χ3n) is 6.55. The number of halogens is 1. The summed E-state index contributed by atoms with van der Waals surface area (Å²) in [7, 11) is 4.10. The monoisotopic (exact) mass is 488 g/mol. The Balaban J connectivity index is 1.18. The number of carbonyl (C=O) groups excluding carboxylic acids is 1. The predicted molar refractivity (Wildman–Crippen MR) is 142 cm³/mol. The Hall–Kier alpha value is -3.51. The number of benzene rings is 2. The molecule has 1 aliphatic rings. The van der Waals surface area contributed by atoms with Gasteiger partial charge >= 0.3 is 0 Å². The average Bonchev–Trinajstić information content (AvgIpc) is 3.36. The van der Waals surface area contributed by atoms with E-state index in [4.69, 9.17) is 21.0 Å². The molecule has 35 heavy (non-hydrogen) atoms. The summed E-state index contributed by atoms with van der Waals surface area (Å²) in [5.74, 6) is 1.70. The standard InChI is InChI=1S/C28H29ClN4O2/c1-33(2)24-17-27(32-23-6-4-3-5-22(23)24)30-20-11-13-21(14-12-20)31-28(34)26-16-15-25(35-26)18-7-9-19(29)10-8-18/h3-10,15-17,20-21H,11-14H2,1-2H3,(H,30,32)(H,31,34). The van der Waals surface area contributed by atoms with Crippen LogP contribution >= 0.6 is 11.6 Å². The van der Waals surface area contributed by atoms with Crippen molar-refractivity contribution < 1.29 is 9.21 Å². The summed E-state index contributed by atoms with van der Waals surface area (Å²) in [6.45, 7) is 0. The van der Waals surface area contributed by atoms with E-state index in [2.05, 4.69) is 41.8 Å². The molecular formula is C28H29ClN4O2. The Kier molecular flexibility index (Phi) is 6.64. The number of aromatic nitrogens is 1. The molecule has 0 spiro atoms. The van der Waals surface area contributed by atoms with Crippen LogP contribution in [0.1, 0.15) is 36.2 Å². The van der Waals surface area contributed by atoms with E-state index in [-0.39, 0.29) is 11.9 Å². The molecule has 0 aliphatic heterocycles. The molecule has 2 N–H and O–H groups in total. The van der Waals surface area contributed by atoms with Crippen molar-refractivity contribution in [3.63, 3.8) is 0 Å². The zero-order valence-electron chi connectivity index (χ0n) is 19.9. The largest absolute Gasteiger partial charge is 0.451 e. The minimum Gasteiger partial charge on any atom is -0.451 e. The molecule has 1 saturated carbocycles. The van der Waals surface area contributed by atoms with Gasteiger partial charge in [0.1, 0.15) is 11.6 Å². The molecule has 2 heterocycles. The molecule has 1 amide bonds. The first-order chi connectivity index (χ1) is 17.0. The summed E-state index contributed by atoms with van der Waals surface area (Å²) in [5, 5.41) is 8.57. The van der Waals surface area contributed by atoms with Gasteiger partial charge in [-0.15, -0.1) is 0 Å². The lowest BCUT2D eigenvalue weighted by molar-refractivity contribution is 0.0899. The van der Waals surface area contributed by atoms with Gasteiger partial charge in [0.25, 0.3) is 5.91 Å². The third-order valence-corrected chi connectivity index (χ3v) is 6.80. The van der Waals surface area contributed by atoms with Crippen molar-refractivity contribution in [3.05, 3.63) is 77.5 Å². The number of nitrogens with zero attached hydrogens (tertiary/aromatic N) is 2. The number of hydrogen-bond donors (Lipinski definition) is 2. The molecule has 4 aromatic rings. The molecule has 1 fully saturated rings. The molecule has 6 nitrogen and oxygen atoms in total. The van der Waals surface area contributed by atoms with E-state index in [1.165, 1.54) is 0 Å². The molecule has 5 rings (SSSR count). The zero-order valence-corrected chi connectivity index (χ0v) is 20.7. The minimum atomic E-state index is -0.173. The number of hydrogen-bond acceptors (Lipinski definition) is 5. The quantitative estimate of drug-likeness (QED) is 0.330. The van der Waals surface area contributed by atoms with Gasteiger partial charge in [-0.3, -0.25) is 4.79 Å². The predicted octanol–water partition coefficient (Wildman–Crippen LogP) is 6.37. The molecule has 7 heteroatoms. The molecule has 0 bridgehead atoms. The lowest BCUT2D eigenvalue weighted by Crippen LogP contribution is -2.40. The normalized spacial score (nSPS) is 17.8. The highest BCUT2D eigenvalue weighted by atomic mass is 35.5. The molecule has 0 radical (unpaired) electrons. The maximum Gasteiger partial charge on any atom is 0.287 e. The van der Waals surface area contributed by atoms with Crippen LogP contribution in [-0.2, 0) is 0 Å². The highest BCUT2D eigenvalue weighted by molar-refractivity contribution is 6.30. The summed E-state index contributed by atoms with van der Waals surface area (Å²) >= 11 is 5.96. The smallest absolute Gasteiger partial charge is 0.287 e. The van der Waals surface area contributed by atoms with Gasteiger partial charge < -0.3 is 20.0 Å². The first-order valence-electron chi connectivity index (χ1n) is 12.0. The van der Waals surface area contributed by atoms with Crippen LogP contribution in [-0.4, -0.2) is 37.1 Å². The van der Waals surface area contributed by atoms with Crippen LogP contribution in [0.3, 0.4) is 0 Å². The summed E-state index contributed by atoms with van der Waals surface area (Å²) in [6, 6.07) is 21.7. The van der Waals surface area contributed by atoms with Crippen LogP contribution in [0, 0.1) is 0 Å². The molecule has 180 valence electrons. The molecular weight excluding hydrogens is 460 g/mol. The van der Waals surface area contributed by atoms with Crippen LogP contribution in [0.15, 0.2) is 71.1 Å². The number of para-hydroxylation sites is 1. The molecule has 2 aromatic carbocycles. The summed E-state index contributed by atoms with van der Waals surface area (Å²) in [5.41, 5.74) is 3.02. The molecule has 1 aliphatic carbocycles. The second kappa shape index (κ2) is 10.0. The van der Waals surface area contributed by atoms with E-state index in [9.17, 15) is 4.79 Å². The number of nitrogens with one attached hydrogen (secondary N) is 2. The topological polar surface area (TPSA) is 70.4 Å². The lowest BCUT2D eigenvalue weighted by Gasteiger charge is -2.30. The number of rotatable bonds is 6. The fourth-order valence-electron chi connectivity index (χ4n) is 4.68. The molecule has 0 saturated heterocycles. The number of furan rings is 1. The first kappa shape index (κ1) is 23.2. The second-order valence-corrected chi connectivity index (χ2v) is 9.71. The maximum atomic E-state index is 12.8. The average molecular weight is 489 g/mol. The summed E-state index contributed by atoms with van der Waals surface area (Å²) in [4.78, 5) is 19.7. The molecule has 2 aromatic heterocycles. The third kappa shape index (κ3) is 5.28. The first-order valence-corrected chi connectivity index (χ1v) is 12.3. The van der Waals surface area contributed by atoms with Crippen molar-refractivity contribution in [2.24, 2.45) is 0 Å². The number of amides is 1. The Labute approximate surface area is 210 Å². The van der Waals surface area contributed by atoms with Gasteiger partial charge in [-0.2, -0.15) is 0 Å². The number of carbonyl (C=O) groups is 1. The maximum absolute atomic E-state index is 12.8. The van der Waals surface area contributed by atoms with Gasteiger partial charge in [-0.25, -0.2) is 4.98 Å². The Morgan fingerprint density at radius 3 is 2.43 bits per heavy atom. The van der Waals surface area contributed by atoms with Crippen LogP contribution in [0.4, 0.5) is 11.5 Å². The SMILES string of the molecule is CN(C)c1cc(NC2CCC(NC(=O)c3ccc(-c4ccc(Cl)cc4)o3)CC2)nc2ccccc12. The lowest BCUT2D eigenvalue weighted by atomic mass is 9.91. The van der Waals surface area contributed by atoms with Crippen LogP contribution in [0.25, 0.3) is 22.2 Å². The van der Waals surface area contributed by atoms with Crippen molar-refractivity contribution in [1.29, 1.82) is 0 Å². The van der Waals surface area contributed by atoms with Crippen LogP contribution < -0.4 is 15.5 Å². The number of pyridine rings is 1. The Bertz CT molecular complexity index is 1320. The highest BCUT2D eigenvalue weighted by Gasteiger charge is 2.24. The van der Waals surface area contributed by atoms with Crippen molar-refractivity contribution >= 4 is 39.9 Å². The van der Waals surface area contributed by atoms with E-state index < -0.39 is 0 Å². The Morgan fingerprint density at radius 2 is 1.69 bits per heavy atom. The zero-order chi connectivity index (χ0) is 24.4. The van der Waals surface area contributed by atoms with Gasteiger partial charge in [0.05, 0.1) is 5.52 Å². The van der Waals surface area contributed by atoms with Gasteiger partial charge in [0, 0.05) is 53.9 Å². The van der Waals surface area contributed by atoms with E-state index >= 15 is 0 Å². The van der Waals surface area contributed by atoms with E-state index in [1.807, 2.05) is 36.4 Å². The Morgan fingerprint density at radius 1 is 0.971 bits per heavy atom. The molecule has 0 atom stereocenters. The fraction of sp³-hybridized carbons (Fsp3) is 0.286. The van der Waals surface area contributed by atoms with E-state index in [1.54, 1.807) is 18.2 Å².